The molecule has 2 atom stereocenters. The zero-order chi connectivity index (χ0) is 17.5. The Hall–Kier alpha value is -2.18. The van der Waals surface area contributed by atoms with Crippen molar-refractivity contribution in [3.8, 4) is 11.1 Å². The van der Waals surface area contributed by atoms with Gasteiger partial charge in [0.25, 0.3) is 5.91 Å². The van der Waals surface area contributed by atoms with Gasteiger partial charge in [-0.15, -0.1) is 0 Å². The predicted molar refractivity (Wildman–Crippen MR) is 102 cm³/mol. The number of benzene rings is 1. The number of hydrogen-bond donors (Lipinski definition) is 1. The van der Waals surface area contributed by atoms with E-state index < -0.39 is 0 Å². The van der Waals surface area contributed by atoms with Crippen LogP contribution in [0.5, 0.6) is 0 Å². The molecule has 134 valence electrons. The highest BCUT2D eigenvalue weighted by Gasteiger charge is 2.40. The molecule has 0 bridgehead atoms. The molecule has 26 heavy (non-hydrogen) atoms. The molecule has 5 rings (SSSR count). The van der Waals surface area contributed by atoms with E-state index in [1.54, 1.807) is 12.5 Å². The molecule has 1 aromatic carbocycles. The molecule has 0 aliphatic carbocycles. The van der Waals surface area contributed by atoms with E-state index in [2.05, 4.69) is 20.7 Å². The molecule has 1 unspecified atom stereocenters. The Bertz CT molecular complexity index is 934. The number of nitrogens with zero attached hydrogens (tertiary/aromatic N) is 2. The van der Waals surface area contributed by atoms with Crippen LogP contribution in [0.4, 0.5) is 0 Å². The van der Waals surface area contributed by atoms with Crippen LogP contribution in [0, 0.1) is 0 Å². The molecule has 4 heterocycles. The van der Waals surface area contributed by atoms with Gasteiger partial charge in [-0.05, 0) is 48.6 Å². The van der Waals surface area contributed by atoms with Gasteiger partial charge in [0.2, 0.25) is 0 Å². The largest absolute Gasteiger partial charge is 0.472 e. The number of aromatic nitrogens is 1. The molecule has 6 heteroatoms. The highest BCUT2D eigenvalue weighted by Crippen LogP contribution is 2.30. The van der Waals surface area contributed by atoms with Crippen molar-refractivity contribution in [3.05, 3.63) is 42.5 Å². The SMILES string of the molecule is O=C(N[C@H]1CN2CCCCCC12)c1nsc2cc(-c3ccoc3)ccc12. The molecule has 2 aliphatic rings. The first-order chi connectivity index (χ1) is 12.8. The summed E-state index contributed by atoms with van der Waals surface area (Å²) in [5.74, 6) is -0.0405. The van der Waals surface area contributed by atoms with Crippen LogP contribution >= 0.6 is 11.5 Å². The van der Waals surface area contributed by atoms with Crippen molar-refractivity contribution in [1.82, 2.24) is 14.6 Å². The van der Waals surface area contributed by atoms with Gasteiger partial charge in [-0.1, -0.05) is 25.0 Å². The Kier molecular flexibility index (Phi) is 4.02. The highest BCUT2D eigenvalue weighted by atomic mass is 32.1. The van der Waals surface area contributed by atoms with Crippen molar-refractivity contribution >= 4 is 27.5 Å². The summed E-state index contributed by atoms with van der Waals surface area (Å²) in [6, 6.07) is 8.81. The highest BCUT2D eigenvalue weighted by molar-refractivity contribution is 7.13. The van der Waals surface area contributed by atoms with Gasteiger partial charge in [-0.2, -0.15) is 4.37 Å². The molecule has 3 aromatic rings. The van der Waals surface area contributed by atoms with E-state index in [1.807, 2.05) is 18.2 Å². The Morgan fingerprint density at radius 2 is 2.19 bits per heavy atom. The van der Waals surface area contributed by atoms with Crippen LogP contribution in [-0.4, -0.2) is 40.4 Å². The Labute approximate surface area is 156 Å². The minimum Gasteiger partial charge on any atom is -0.472 e. The Morgan fingerprint density at radius 3 is 3.08 bits per heavy atom. The molecule has 1 amide bonds. The third-order valence-electron chi connectivity index (χ3n) is 5.67. The summed E-state index contributed by atoms with van der Waals surface area (Å²) in [5, 5.41) is 4.16. The summed E-state index contributed by atoms with van der Waals surface area (Å²) in [5.41, 5.74) is 2.67. The first kappa shape index (κ1) is 16.0. The fourth-order valence-electron chi connectivity index (χ4n) is 4.20. The summed E-state index contributed by atoms with van der Waals surface area (Å²) in [6.45, 7) is 2.15. The Balaban J connectivity index is 1.35. The van der Waals surface area contributed by atoms with E-state index in [0.717, 1.165) is 27.8 Å². The van der Waals surface area contributed by atoms with Crippen molar-refractivity contribution in [2.75, 3.05) is 13.1 Å². The van der Waals surface area contributed by atoms with Gasteiger partial charge in [0, 0.05) is 23.5 Å². The molecule has 5 nitrogen and oxygen atoms in total. The molecule has 2 aromatic heterocycles. The van der Waals surface area contributed by atoms with E-state index >= 15 is 0 Å². The lowest BCUT2D eigenvalue weighted by Crippen LogP contribution is -2.66. The Morgan fingerprint density at radius 1 is 1.23 bits per heavy atom. The van der Waals surface area contributed by atoms with Gasteiger partial charge in [-0.25, -0.2) is 0 Å². The van der Waals surface area contributed by atoms with E-state index in [1.165, 1.54) is 43.8 Å². The number of carbonyl (C=O) groups is 1. The average Bonchev–Trinajstić information content (AvgIpc) is 3.27. The maximum absolute atomic E-state index is 12.8. The molecule has 0 radical (unpaired) electrons. The van der Waals surface area contributed by atoms with Crippen molar-refractivity contribution < 1.29 is 9.21 Å². The number of amides is 1. The monoisotopic (exact) mass is 367 g/mol. The number of rotatable bonds is 3. The van der Waals surface area contributed by atoms with Crippen molar-refractivity contribution in [1.29, 1.82) is 0 Å². The molecule has 0 saturated carbocycles. The van der Waals surface area contributed by atoms with Gasteiger partial charge in [0.1, 0.15) is 5.69 Å². The first-order valence-electron chi connectivity index (χ1n) is 9.26. The van der Waals surface area contributed by atoms with Gasteiger partial charge >= 0.3 is 0 Å². The maximum Gasteiger partial charge on any atom is 0.271 e. The van der Waals surface area contributed by atoms with Crippen LogP contribution in [-0.2, 0) is 0 Å². The molecule has 0 spiro atoms. The number of carbonyl (C=O) groups excluding carboxylic acids is 1. The molecular weight excluding hydrogens is 346 g/mol. The standard InChI is InChI=1S/C20H21N3O2S/c24-20(21-16-11-23-8-3-1-2-4-17(16)23)19-15-6-5-13(10-18(15)26-22-19)14-7-9-25-12-14/h5-7,9-10,12,16-17H,1-4,8,11H2,(H,21,24)/t16-,17?/m0/s1. The second-order valence-electron chi connectivity index (χ2n) is 7.25. The summed E-state index contributed by atoms with van der Waals surface area (Å²) < 4.78 is 10.6. The fraction of sp³-hybridized carbons (Fsp3) is 0.400. The van der Waals surface area contributed by atoms with Crippen LogP contribution in [0.15, 0.2) is 41.2 Å². The summed E-state index contributed by atoms with van der Waals surface area (Å²) >= 11 is 1.38. The van der Waals surface area contributed by atoms with E-state index in [4.69, 9.17) is 4.42 Å². The quantitative estimate of drug-likeness (QED) is 0.762. The van der Waals surface area contributed by atoms with Crippen molar-refractivity contribution in [3.63, 3.8) is 0 Å². The van der Waals surface area contributed by atoms with E-state index in [9.17, 15) is 4.79 Å². The predicted octanol–water partition coefficient (Wildman–Crippen LogP) is 3.91. The minimum atomic E-state index is -0.0405. The first-order valence-corrected chi connectivity index (χ1v) is 10.0. The number of fused-ring (bicyclic) bond motifs is 2. The third-order valence-corrected chi connectivity index (χ3v) is 6.48. The van der Waals surface area contributed by atoms with Gasteiger partial charge in [0.15, 0.2) is 0 Å². The van der Waals surface area contributed by atoms with Crippen molar-refractivity contribution in [2.24, 2.45) is 0 Å². The van der Waals surface area contributed by atoms with Crippen LogP contribution in [0.2, 0.25) is 0 Å². The lowest BCUT2D eigenvalue weighted by atomic mass is 9.93. The van der Waals surface area contributed by atoms with Crippen molar-refractivity contribution in [2.45, 2.75) is 37.8 Å². The molecule has 1 N–H and O–H groups in total. The lowest BCUT2D eigenvalue weighted by molar-refractivity contribution is 0.0410. The molecule has 2 fully saturated rings. The maximum atomic E-state index is 12.8. The number of furan rings is 1. The second-order valence-corrected chi connectivity index (χ2v) is 8.05. The lowest BCUT2D eigenvalue weighted by Gasteiger charge is -2.47. The van der Waals surface area contributed by atoms with Gasteiger partial charge in [0.05, 0.1) is 23.3 Å². The van der Waals surface area contributed by atoms with E-state index in [0.29, 0.717) is 11.7 Å². The zero-order valence-corrected chi connectivity index (χ0v) is 15.3. The minimum absolute atomic E-state index is 0.0405. The third kappa shape index (κ3) is 2.73. The fourth-order valence-corrected chi connectivity index (χ4v) is 5.01. The second kappa shape index (κ2) is 6.52. The van der Waals surface area contributed by atoms with Crippen LogP contribution in [0.25, 0.3) is 21.2 Å². The molecule has 2 aliphatic heterocycles. The topological polar surface area (TPSA) is 58.4 Å². The van der Waals surface area contributed by atoms with Gasteiger partial charge < -0.3 is 9.73 Å². The van der Waals surface area contributed by atoms with Crippen LogP contribution in [0.1, 0.15) is 36.2 Å². The molecular formula is C20H21N3O2S. The summed E-state index contributed by atoms with van der Waals surface area (Å²) in [7, 11) is 0. The van der Waals surface area contributed by atoms with E-state index in [-0.39, 0.29) is 11.9 Å². The zero-order valence-electron chi connectivity index (χ0n) is 14.5. The molecule has 2 saturated heterocycles. The summed E-state index contributed by atoms with van der Waals surface area (Å²) in [6.07, 6.45) is 8.45. The van der Waals surface area contributed by atoms with Crippen LogP contribution in [0.3, 0.4) is 0 Å². The smallest absolute Gasteiger partial charge is 0.271 e. The number of nitrogens with one attached hydrogen (secondary N) is 1. The normalized spacial score (nSPS) is 23.2. The summed E-state index contributed by atoms with van der Waals surface area (Å²) in [4.78, 5) is 15.3. The van der Waals surface area contributed by atoms with Gasteiger partial charge in [-0.3, -0.25) is 9.69 Å². The average molecular weight is 367 g/mol. The number of hydrogen-bond acceptors (Lipinski definition) is 5. The van der Waals surface area contributed by atoms with Crippen LogP contribution < -0.4 is 5.32 Å².